The quantitative estimate of drug-likeness (QED) is 0.449. The first-order valence-corrected chi connectivity index (χ1v) is 11.0. The molecule has 12 heteroatoms. The molecule has 34 heavy (non-hydrogen) atoms. The van der Waals surface area contributed by atoms with E-state index < -0.39 is 17.5 Å². The van der Waals surface area contributed by atoms with Crippen molar-refractivity contribution in [2.75, 3.05) is 37.4 Å². The highest BCUT2D eigenvalue weighted by molar-refractivity contribution is 5.93. The van der Waals surface area contributed by atoms with Gasteiger partial charge in [0.15, 0.2) is 23.0 Å². The summed E-state index contributed by atoms with van der Waals surface area (Å²) in [5.74, 6) is 0.122. The van der Waals surface area contributed by atoms with Crippen LogP contribution in [0.4, 0.5) is 16.0 Å². The van der Waals surface area contributed by atoms with Gasteiger partial charge in [-0.1, -0.05) is 0 Å². The van der Waals surface area contributed by atoms with E-state index in [-0.39, 0.29) is 11.7 Å². The molecule has 1 atom stereocenters. The molecule has 180 valence electrons. The van der Waals surface area contributed by atoms with E-state index in [0.717, 1.165) is 11.4 Å². The Morgan fingerprint density at radius 3 is 2.82 bits per heavy atom. The lowest BCUT2D eigenvalue weighted by molar-refractivity contribution is 0.0341. The van der Waals surface area contributed by atoms with Crippen LogP contribution in [0.15, 0.2) is 18.3 Å². The lowest BCUT2D eigenvalue weighted by atomic mass is 10.1. The second kappa shape index (κ2) is 8.06. The van der Waals surface area contributed by atoms with E-state index in [1.165, 1.54) is 23.8 Å². The smallest absolute Gasteiger partial charge is 0.223 e. The number of methoxy groups -OCH3 is 1. The Morgan fingerprint density at radius 2 is 2.09 bits per heavy atom. The molecule has 4 aromatic rings. The highest BCUT2D eigenvalue weighted by Crippen LogP contribution is 2.30. The largest absolute Gasteiger partial charge is 0.494 e. The van der Waals surface area contributed by atoms with Crippen LogP contribution in [-0.4, -0.2) is 66.9 Å². The molecule has 1 unspecified atom stereocenters. The fourth-order valence-corrected chi connectivity index (χ4v) is 4.26. The first-order chi connectivity index (χ1) is 16.1. The van der Waals surface area contributed by atoms with Gasteiger partial charge in [-0.2, -0.15) is 9.61 Å². The summed E-state index contributed by atoms with van der Waals surface area (Å²) in [5, 5.41) is 19.7. The van der Waals surface area contributed by atoms with Crippen LogP contribution in [-0.2, 0) is 11.3 Å². The number of aryl methyl sites for hydroxylation is 1. The molecule has 0 radical (unpaired) electrons. The molecule has 3 aromatic heterocycles. The molecule has 0 saturated carbocycles. The number of benzene rings is 1. The Hall–Kier alpha value is -3.51. The minimum atomic E-state index is -0.871. The lowest BCUT2D eigenvalue weighted by Gasteiger charge is -2.32. The summed E-state index contributed by atoms with van der Waals surface area (Å²) in [6, 6.07) is 2.81. The standard InChI is InChI=1S/C22H27FN8O3/c1-12-16(9-30(27-12)11-22(2,3)32)29-5-6-34-18(10-29)19-26-20-13-7-14(23)17(33-4)8-15(13)25-21(24)31(20)28-19/h7-9,18,32H,5-6,10-11H2,1-4H3,(H2,24,25). The number of ether oxygens (including phenoxy) is 2. The molecule has 5 rings (SSSR count). The molecule has 1 aliphatic heterocycles. The number of halogens is 1. The molecule has 0 spiro atoms. The third kappa shape index (κ3) is 3.99. The fourth-order valence-electron chi connectivity index (χ4n) is 4.26. The molecule has 4 heterocycles. The number of nitrogen functional groups attached to an aromatic ring is 1. The van der Waals surface area contributed by atoms with Crippen molar-refractivity contribution >= 4 is 28.2 Å². The van der Waals surface area contributed by atoms with E-state index in [1.807, 2.05) is 13.1 Å². The van der Waals surface area contributed by atoms with Gasteiger partial charge in [0, 0.05) is 24.2 Å². The monoisotopic (exact) mass is 470 g/mol. The second-order valence-corrected chi connectivity index (χ2v) is 9.09. The summed E-state index contributed by atoms with van der Waals surface area (Å²) in [5.41, 5.74) is 7.92. The summed E-state index contributed by atoms with van der Waals surface area (Å²) < 4.78 is 28.6. The summed E-state index contributed by atoms with van der Waals surface area (Å²) in [6.07, 6.45) is 1.50. The van der Waals surface area contributed by atoms with E-state index in [0.29, 0.717) is 48.6 Å². The minimum Gasteiger partial charge on any atom is -0.494 e. The average Bonchev–Trinajstić information content (AvgIpc) is 3.37. The molecule has 0 aliphatic carbocycles. The Bertz CT molecular complexity index is 1380. The van der Waals surface area contributed by atoms with Crippen LogP contribution in [0.25, 0.3) is 16.6 Å². The van der Waals surface area contributed by atoms with Gasteiger partial charge in [0.2, 0.25) is 5.95 Å². The van der Waals surface area contributed by atoms with E-state index in [4.69, 9.17) is 15.2 Å². The Morgan fingerprint density at radius 1 is 1.29 bits per heavy atom. The molecule has 1 aliphatic rings. The zero-order valence-corrected chi connectivity index (χ0v) is 19.5. The van der Waals surface area contributed by atoms with Crippen molar-refractivity contribution in [2.24, 2.45) is 0 Å². The van der Waals surface area contributed by atoms with Gasteiger partial charge < -0.3 is 25.2 Å². The fraction of sp³-hybridized carbons (Fsp3) is 0.455. The Labute approximate surface area is 194 Å². The third-order valence-electron chi connectivity index (χ3n) is 5.75. The number of morpholine rings is 1. The number of hydrogen-bond acceptors (Lipinski definition) is 9. The van der Waals surface area contributed by atoms with Crippen molar-refractivity contribution in [1.29, 1.82) is 0 Å². The van der Waals surface area contributed by atoms with Gasteiger partial charge in [-0.15, -0.1) is 5.10 Å². The zero-order valence-electron chi connectivity index (χ0n) is 19.5. The number of anilines is 2. The topological polar surface area (TPSA) is 129 Å². The van der Waals surface area contributed by atoms with Crippen molar-refractivity contribution < 1.29 is 19.0 Å². The van der Waals surface area contributed by atoms with Crippen LogP contribution < -0.4 is 15.4 Å². The van der Waals surface area contributed by atoms with Crippen molar-refractivity contribution in [3.05, 3.63) is 35.7 Å². The van der Waals surface area contributed by atoms with Gasteiger partial charge in [-0.05, 0) is 26.8 Å². The molecular formula is C22H27FN8O3. The van der Waals surface area contributed by atoms with Crippen molar-refractivity contribution in [3.63, 3.8) is 0 Å². The zero-order chi connectivity index (χ0) is 24.2. The predicted octanol–water partition coefficient (Wildman–Crippen LogP) is 1.86. The van der Waals surface area contributed by atoms with E-state index >= 15 is 0 Å². The number of nitrogens with zero attached hydrogens (tertiary/aromatic N) is 7. The maximum Gasteiger partial charge on any atom is 0.223 e. The van der Waals surface area contributed by atoms with Crippen LogP contribution in [0.2, 0.25) is 0 Å². The summed E-state index contributed by atoms with van der Waals surface area (Å²) in [6.45, 7) is 7.46. The molecule has 1 fully saturated rings. The summed E-state index contributed by atoms with van der Waals surface area (Å²) >= 11 is 0. The van der Waals surface area contributed by atoms with Gasteiger partial charge in [-0.3, -0.25) is 4.68 Å². The van der Waals surface area contributed by atoms with Crippen LogP contribution in [0, 0.1) is 12.7 Å². The number of rotatable bonds is 5. The summed E-state index contributed by atoms with van der Waals surface area (Å²) in [4.78, 5) is 11.1. The van der Waals surface area contributed by atoms with Crippen molar-refractivity contribution in [3.8, 4) is 5.75 Å². The molecule has 0 amide bonds. The predicted molar refractivity (Wildman–Crippen MR) is 123 cm³/mol. The lowest BCUT2D eigenvalue weighted by Crippen LogP contribution is -2.39. The maximum absolute atomic E-state index is 14.4. The third-order valence-corrected chi connectivity index (χ3v) is 5.75. The number of hydrogen-bond donors (Lipinski definition) is 2. The Balaban J connectivity index is 1.48. The minimum absolute atomic E-state index is 0.0789. The van der Waals surface area contributed by atoms with Crippen LogP contribution in [0.3, 0.4) is 0 Å². The molecule has 1 saturated heterocycles. The maximum atomic E-state index is 14.4. The van der Waals surface area contributed by atoms with Gasteiger partial charge in [0.05, 0.1) is 49.3 Å². The normalized spacial score (nSPS) is 17.1. The second-order valence-electron chi connectivity index (χ2n) is 9.09. The molecule has 1 aromatic carbocycles. The molecule has 0 bridgehead atoms. The van der Waals surface area contributed by atoms with Gasteiger partial charge in [0.1, 0.15) is 6.10 Å². The number of aliphatic hydroxyl groups is 1. The van der Waals surface area contributed by atoms with Crippen LogP contribution >= 0.6 is 0 Å². The first-order valence-electron chi connectivity index (χ1n) is 11.0. The summed E-state index contributed by atoms with van der Waals surface area (Å²) in [7, 11) is 1.39. The highest BCUT2D eigenvalue weighted by atomic mass is 19.1. The SMILES string of the molecule is COc1cc2nc(N)n3nc(C4CN(c5cn(CC(C)(C)O)nc5C)CCO4)nc3c2cc1F. The number of nitrogens with two attached hydrogens (primary N) is 1. The first kappa shape index (κ1) is 22.3. The van der Waals surface area contributed by atoms with Gasteiger partial charge >= 0.3 is 0 Å². The van der Waals surface area contributed by atoms with Gasteiger partial charge in [0.25, 0.3) is 0 Å². The van der Waals surface area contributed by atoms with E-state index in [9.17, 15) is 9.50 Å². The number of aromatic nitrogens is 6. The highest BCUT2D eigenvalue weighted by Gasteiger charge is 2.29. The molecule has 11 nitrogen and oxygen atoms in total. The average molecular weight is 471 g/mol. The molecular weight excluding hydrogens is 443 g/mol. The number of fused-ring (bicyclic) bond motifs is 3. The van der Waals surface area contributed by atoms with E-state index in [2.05, 4.69) is 25.1 Å². The van der Waals surface area contributed by atoms with Crippen LogP contribution in [0.5, 0.6) is 5.75 Å². The van der Waals surface area contributed by atoms with Gasteiger partial charge in [-0.25, -0.2) is 14.4 Å². The van der Waals surface area contributed by atoms with Crippen LogP contribution in [0.1, 0.15) is 31.5 Å². The van der Waals surface area contributed by atoms with Crippen molar-refractivity contribution in [2.45, 2.75) is 39.0 Å². The van der Waals surface area contributed by atoms with E-state index in [1.54, 1.807) is 18.5 Å². The molecule has 3 N–H and O–H groups in total. The Kier molecular flexibility index (Phi) is 5.29. The van der Waals surface area contributed by atoms with Crippen molar-refractivity contribution in [1.82, 2.24) is 29.4 Å².